The standard InChI is InChI=1S/C10H15NO/c1-8(12)6-10(2,7-11)9-4-3-5-9/h9H,3-6H2,1-2H3. The van der Waals surface area contributed by atoms with Gasteiger partial charge in [0.15, 0.2) is 0 Å². The third-order valence-electron chi connectivity index (χ3n) is 2.88. The zero-order valence-electron chi connectivity index (χ0n) is 7.76. The van der Waals surface area contributed by atoms with Crippen LogP contribution in [0.4, 0.5) is 0 Å². The molecule has 0 bridgehead atoms. The van der Waals surface area contributed by atoms with Crippen LogP contribution in [0.3, 0.4) is 0 Å². The molecule has 0 heterocycles. The summed E-state index contributed by atoms with van der Waals surface area (Å²) in [7, 11) is 0. The first-order valence-corrected chi connectivity index (χ1v) is 4.49. The molecule has 1 aliphatic rings. The Labute approximate surface area is 73.6 Å². The summed E-state index contributed by atoms with van der Waals surface area (Å²) >= 11 is 0. The molecule has 1 fully saturated rings. The van der Waals surface area contributed by atoms with Crippen LogP contribution in [0.15, 0.2) is 0 Å². The molecule has 0 aromatic heterocycles. The van der Waals surface area contributed by atoms with Crippen molar-refractivity contribution < 1.29 is 4.79 Å². The van der Waals surface area contributed by atoms with E-state index in [2.05, 4.69) is 6.07 Å². The third-order valence-corrected chi connectivity index (χ3v) is 2.88. The number of nitriles is 1. The fourth-order valence-electron chi connectivity index (χ4n) is 1.84. The Kier molecular flexibility index (Phi) is 2.52. The minimum absolute atomic E-state index is 0.131. The maximum Gasteiger partial charge on any atom is 0.131 e. The second kappa shape index (κ2) is 3.26. The highest BCUT2D eigenvalue weighted by Gasteiger charge is 2.38. The summed E-state index contributed by atoms with van der Waals surface area (Å²) in [6, 6.07) is 2.29. The molecule has 0 saturated heterocycles. The van der Waals surface area contributed by atoms with E-state index in [0.29, 0.717) is 12.3 Å². The van der Waals surface area contributed by atoms with Gasteiger partial charge in [-0.05, 0) is 32.6 Å². The summed E-state index contributed by atoms with van der Waals surface area (Å²) in [4.78, 5) is 10.9. The number of hydrogen-bond donors (Lipinski definition) is 0. The van der Waals surface area contributed by atoms with Gasteiger partial charge >= 0.3 is 0 Å². The Bertz CT molecular complexity index is 224. The molecule has 0 radical (unpaired) electrons. The highest BCUT2D eigenvalue weighted by molar-refractivity contribution is 5.76. The molecule has 66 valence electrons. The van der Waals surface area contributed by atoms with Crippen LogP contribution in [-0.2, 0) is 4.79 Å². The molecule has 0 N–H and O–H groups in total. The molecule has 2 nitrogen and oxygen atoms in total. The van der Waals surface area contributed by atoms with Gasteiger partial charge in [-0.15, -0.1) is 0 Å². The predicted molar refractivity (Wildman–Crippen MR) is 46.4 cm³/mol. The van der Waals surface area contributed by atoms with Gasteiger partial charge in [0.05, 0.1) is 11.5 Å². The quantitative estimate of drug-likeness (QED) is 0.643. The van der Waals surface area contributed by atoms with Crippen LogP contribution in [-0.4, -0.2) is 5.78 Å². The van der Waals surface area contributed by atoms with Crippen LogP contribution < -0.4 is 0 Å². The van der Waals surface area contributed by atoms with Gasteiger partial charge < -0.3 is 0 Å². The first kappa shape index (κ1) is 9.25. The number of rotatable bonds is 3. The smallest absolute Gasteiger partial charge is 0.131 e. The molecule has 2 heteroatoms. The molecular formula is C10H15NO. The van der Waals surface area contributed by atoms with Gasteiger partial charge in [-0.1, -0.05) is 6.42 Å². The van der Waals surface area contributed by atoms with Crippen LogP contribution in [0, 0.1) is 22.7 Å². The third kappa shape index (κ3) is 1.66. The molecule has 1 unspecified atom stereocenters. The summed E-state index contributed by atoms with van der Waals surface area (Å²) in [5, 5.41) is 8.97. The molecule has 1 rings (SSSR count). The highest BCUT2D eigenvalue weighted by atomic mass is 16.1. The lowest BCUT2D eigenvalue weighted by Crippen LogP contribution is -2.32. The minimum atomic E-state index is -0.385. The lowest BCUT2D eigenvalue weighted by Gasteiger charge is -2.37. The van der Waals surface area contributed by atoms with Gasteiger partial charge in [0.25, 0.3) is 0 Å². The van der Waals surface area contributed by atoms with E-state index in [0.717, 1.165) is 12.8 Å². The van der Waals surface area contributed by atoms with Crippen molar-refractivity contribution in [3.8, 4) is 6.07 Å². The Hall–Kier alpha value is -0.840. The summed E-state index contributed by atoms with van der Waals surface area (Å²) in [6.07, 6.45) is 3.89. The van der Waals surface area contributed by atoms with Gasteiger partial charge in [0.2, 0.25) is 0 Å². The number of hydrogen-bond acceptors (Lipinski definition) is 2. The zero-order valence-corrected chi connectivity index (χ0v) is 7.76. The number of ketones is 1. The maximum atomic E-state index is 10.9. The second-order valence-corrected chi connectivity index (χ2v) is 4.04. The molecule has 1 saturated carbocycles. The van der Waals surface area contributed by atoms with E-state index in [9.17, 15) is 4.79 Å². The van der Waals surface area contributed by atoms with Gasteiger partial charge in [0.1, 0.15) is 5.78 Å². The monoisotopic (exact) mass is 165 g/mol. The van der Waals surface area contributed by atoms with Gasteiger partial charge in [0, 0.05) is 6.42 Å². The fraction of sp³-hybridized carbons (Fsp3) is 0.800. The zero-order chi connectivity index (χ0) is 9.19. The maximum absolute atomic E-state index is 10.9. The molecule has 1 atom stereocenters. The number of Topliss-reactive ketones (excluding diaryl/α,β-unsaturated/α-hetero) is 1. The topological polar surface area (TPSA) is 40.9 Å². The Balaban J connectivity index is 2.62. The van der Waals surface area contributed by atoms with E-state index in [1.807, 2.05) is 6.92 Å². The molecule has 0 aromatic carbocycles. The first-order chi connectivity index (χ1) is 5.58. The van der Waals surface area contributed by atoms with Crippen molar-refractivity contribution in [2.45, 2.75) is 39.5 Å². The van der Waals surface area contributed by atoms with Crippen molar-refractivity contribution in [3.05, 3.63) is 0 Å². The Morgan fingerprint density at radius 1 is 1.67 bits per heavy atom. The van der Waals surface area contributed by atoms with Crippen molar-refractivity contribution >= 4 is 5.78 Å². The lowest BCUT2D eigenvalue weighted by atomic mass is 9.65. The molecule has 12 heavy (non-hydrogen) atoms. The average molecular weight is 165 g/mol. The van der Waals surface area contributed by atoms with Crippen LogP contribution in [0.2, 0.25) is 0 Å². The predicted octanol–water partition coefficient (Wildman–Crippen LogP) is 2.30. The largest absolute Gasteiger partial charge is 0.300 e. The SMILES string of the molecule is CC(=O)CC(C)(C#N)C1CCC1. The Morgan fingerprint density at radius 2 is 2.25 bits per heavy atom. The normalized spacial score (nSPS) is 22.1. The van der Waals surface area contributed by atoms with E-state index in [4.69, 9.17) is 5.26 Å². The van der Waals surface area contributed by atoms with E-state index in [1.54, 1.807) is 6.92 Å². The van der Waals surface area contributed by atoms with Crippen molar-refractivity contribution in [3.63, 3.8) is 0 Å². The summed E-state index contributed by atoms with van der Waals surface area (Å²) in [6.45, 7) is 3.48. The highest BCUT2D eigenvalue weighted by Crippen LogP contribution is 2.43. The van der Waals surface area contributed by atoms with Crippen molar-refractivity contribution in [1.82, 2.24) is 0 Å². The van der Waals surface area contributed by atoms with Crippen molar-refractivity contribution in [2.75, 3.05) is 0 Å². The van der Waals surface area contributed by atoms with E-state index >= 15 is 0 Å². The molecule has 1 aliphatic carbocycles. The number of carbonyl (C=O) groups is 1. The number of nitrogens with zero attached hydrogens (tertiary/aromatic N) is 1. The molecule has 0 aromatic rings. The molecule has 0 aliphatic heterocycles. The average Bonchev–Trinajstić information content (AvgIpc) is 1.81. The summed E-state index contributed by atoms with van der Waals surface area (Å²) in [5.74, 6) is 0.595. The van der Waals surface area contributed by atoms with E-state index < -0.39 is 0 Å². The minimum Gasteiger partial charge on any atom is -0.300 e. The molecule has 0 amide bonds. The van der Waals surface area contributed by atoms with Crippen LogP contribution >= 0.6 is 0 Å². The van der Waals surface area contributed by atoms with Crippen molar-refractivity contribution in [1.29, 1.82) is 5.26 Å². The van der Waals surface area contributed by atoms with Crippen molar-refractivity contribution in [2.24, 2.45) is 11.3 Å². The summed E-state index contributed by atoms with van der Waals surface area (Å²) < 4.78 is 0. The van der Waals surface area contributed by atoms with E-state index in [1.165, 1.54) is 6.42 Å². The molecule has 0 spiro atoms. The van der Waals surface area contributed by atoms with Crippen LogP contribution in [0.25, 0.3) is 0 Å². The van der Waals surface area contributed by atoms with Gasteiger partial charge in [-0.25, -0.2) is 0 Å². The van der Waals surface area contributed by atoms with E-state index in [-0.39, 0.29) is 11.2 Å². The fourth-order valence-corrected chi connectivity index (χ4v) is 1.84. The van der Waals surface area contributed by atoms with Gasteiger partial charge in [-0.2, -0.15) is 5.26 Å². The van der Waals surface area contributed by atoms with Crippen LogP contribution in [0.1, 0.15) is 39.5 Å². The van der Waals surface area contributed by atoms with Crippen LogP contribution in [0.5, 0.6) is 0 Å². The van der Waals surface area contributed by atoms with Gasteiger partial charge in [-0.3, -0.25) is 4.79 Å². The molecular weight excluding hydrogens is 150 g/mol. The second-order valence-electron chi connectivity index (χ2n) is 4.04. The lowest BCUT2D eigenvalue weighted by molar-refractivity contribution is -0.119. The summed E-state index contributed by atoms with van der Waals surface area (Å²) in [5.41, 5.74) is -0.385. The number of carbonyl (C=O) groups excluding carboxylic acids is 1. The first-order valence-electron chi connectivity index (χ1n) is 4.49. The Morgan fingerprint density at radius 3 is 2.50 bits per heavy atom.